The Labute approximate surface area is 183 Å². The number of ether oxygens (including phenoxy) is 2. The van der Waals surface area contributed by atoms with Gasteiger partial charge in [0, 0.05) is 25.2 Å². The Bertz CT molecular complexity index is 622. The molecule has 1 aromatic carbocycles. The molecule has 0 saturated carbocycles. The minimum atomic E-state index is -0.0846. The molecule has 152 valence electrons. The number of guanidine groups is 1. The van der Waals surface area contributed by atoms with Crippen molar-refractivity contribution in [2.75, 3.05) is 33.3 Å². The van der Waals surface area contributed by atoms with Crippen molar-refractivity contribution in [3.63, 3.8) is 0 Å². The number of rotatable bonds is 6. The summed E-state index contributed by atoms with van der Waals surface area (Å²) in [6, 6.07) is 7.37. The average Bonchev–Trinajstić information content (AvgIpc) is 2.63. The maximum absolute atomic E-state index is 11.8. The minimum absolute atomic E-state index is 0. The summed E-state index contributed by atoms with van der Waals surface area (Å²) >= 11 is 5.98. The number of carbonyl (C=O) groups excluding carboxylic acids is 1. The first-order valence-corrected chi connectivity index (χ1v) is 9.45. The van der Waals surface area contributed by atoms with E-state index in [2.05, 4.69) is 15.2 Å². The number of likely N-dealkylation sites (tertiary alicyclic amines) is 1. The predicted molar refractivity (Wildman–Crippen MR) is 119 cm³/mol. The molecular formula is C19H29ClIN3O3. The fourth-order valence-corrected chi connectivity index (χ4v) is 3.15. The SMILES string of the molecule is CCOC(=O)C1CCN(C(=NC)NCC(C)Oc2cccc(Cl)c2)CC1.I. The van der Waals surface area contributed by atoms with Gasteiger partial charge < -0.3 is 19.7 Å². The summed E-state index contributed by atoms with van der Waals surface area (Å²) in [6.07, 6.45) is 1.53. The van der Waals surface area contributed by atoms with E-state index in [0.29, 0.717) is 18.2 Å². The summed E-state index contributed by atoms with van der Waals surface area (Å²) in [6.45, 7) is 6.46. The third-order valence-corrected chi connectivity index (χ3v) is 4.54. The number of benzene rings is 1. The molecule has 1 N–H and O–H groups in total. The summed E-state index contributed by atoms with van der Waals surface area (Å²) in [7, 11) is 1.77. The van der Waals surface area contributed by atoms with Crippen LogP contribution in [0.3, 0.4) is 0 Å². The Balaban J connectivity index is 0.00000364. The minimum Gasteiger partial charge on any atom is -0.489 e. The van der Waals surface area contributed by atoms with Gasteiger partial charge in [0.05, 0.1) is 19.1 Å². The van der Waals surface area contributed by atoms with Crippen LogP contribution in [0.2, 0.25) is 5.02 Å². The normalized spacial score (nSPS) is 16.3. The molecule has 1 heterocycles. The van der Waals surface area contributed by atoms with E-state index in [1.54, 1.807) is 13.1 Å². The Morgan fingerprint density at radius 2 is 2.11 bits per heavy atom. The van der Waals surface area contributed by atoms with Crippen molar-refractivity contribution < 1.29 is 14.3 Å². The number of esters is 1. The van der Waals surface area contributed by atoms with Crippen LogP contribution in [0.1, 0.15) is 26.7 Å². The van der Waals surface area contributed by atoms with Crippen LogP contribution in [0, 0.1) is 5.92 Å². The molecule has 1 fully saturated rings. The monoisotopic (exact) mass is 509 g/mol. The maximum Gasteiger partial charge on any atom is 0.309 e. The summed E-state index contributed by atoms with van der Waals surface area (Å²) in [5.41, 5.74) is 0. The van der Waals surface area contributed by atoms with Crippen molar-refractivity contribution in [3.8, 4) is 5.75 Å². The summed E-state index contributed by atoms with van der Waals surface area (Å²) in [4.78, 5) is 18.4. The van der Waals surface area contributed by atoms with Gasteiger partial charge in [0.2, 0.25) is 0 Å². The first-order chi connectivity index (χ1) is 12.5. The smallest absolute Gasteiger partial charge is 0.309 e. The predicted octanol–water partition coefficient (Wildman–Crippen LogP) is 3.58. The Morgan fingerprint density at radius 1 is 1.41 bits per heavy atom. The van der Waals surface area contributed by atoms with Crippen LogP contribution in [-0.2, 0) is 9.53 Å². The third-order valence-electron chi connectivity index (χ3n) is 4.31. The highest BCUT2D eigenvalue weighted by molar-refractivity contribution is 14.0. The van der Waals surface area contributed by atoms with E-state index in [0.717, 1.165) is 37.6 Å². The first-order valence-electron chi connectivity index (χ1n) is 9.08. The van der Waals surface area contributed by atoms with Crippen LogP contribution in [0.25, 0.3) is 0 Å². The second-order valence-corrected chi connectivity index (χ2v) is 6.76. The number of hydrogen-bond donors (Lipinski definition) is 1. The van der Waals surface area contributed by atoms with E-state index in [1.807, 2.05) is 32.0 Å². The van der Waals surface area contributed by atoms with Crippen LogP contribution in [0.15, 0.2) is 29.3 Å². The van der Waals surface area contributed by atoms with Crippen molar-refractivity contribution >= 4 is 47.5 Å². The zero-order valence-corrected chi connectivity index (χ0v) is 19.2. The standard InChI is InChI=1S/C19H28ClN3O3.HI/c1-4-25-18(24)15-8-10-23(11-9-15)19(21-3)22-13-14(2)26-17-7-5-6-16(20)12-17;/h5-7,12,14-15H,4,8-11,13H2,1-3H3,(H,21,22);1H. The number of carbonyl (C=O) groups is 1. The highest BCUT2D eigenvalue weighted by atomic mass is 127. The van der Waals surface area contributed by atoms with E-state index >= 15 is 0 Å². The quantitative estimate of drug-likeness (QED) is 0.275. The first kappa shape index (κ1) is 23.8. The molecule has 1 aliphatic heterocycles. The molecule has 6 nitrogen and oxygen atoms in total. The van der Waals surface area contributed by atoms with Crippen molar-refractivity contribution in [3.05, 3.63) is 29.3 Å². The number of hydrogen-bond acceptors (Lipinski definition) is 4. The lowest BCUT2D eigenvalue weighted by atomic mass is 9.97. The zero-order chi connectivity index (χ0) is 18.9. The number of nitrogens with one attached hydrogen (secondary N) is 1. The van der Waals surface area contributed by atoms with Gasteiger partial charge in [0.25, 0.3) is 0 Å². The van der Waals surface area contributed by atoms with Gasteiger partial charge in [-0.05, 0) is 44.9 Å². The third kappa shape index (κ3) is 7.73. The lowest BCUT2D eigenvalue weighted by Gasteiger charge is -2.33. The lowest BCUT2D eigenvalue weighted by Crippen LogP contribution is -2.48. The number of piperidine rings is 1. The van der Waals surface area contributed by atoms with Gasteiger partial charge in [-0.1, -0.05) is 17.7 Å². The topological polar surface area (TPSA) is 63.2 Å². The second-order valence-electron chi connectivity index (χ2n) is 6.33. The van der Waals surface area contributed by atoms with E-state index in [9.17, 15) is 4.79 Å². The summed E-state index contributed by atoms with van der Waals surface area (Å²) < 4.78 is 11.0. The molecule has 0 radical (unpaired) electrons. The Hall–Kier alpha value is -1.22. The molecule has 1 aromatic rings. The highest BCUT2D eigenvalue weighted by Crippen LogP contribution is 2.19. The summed E-state index contributed by atoms with van der Waals surface area (Å²) in [5.74, 6) is 1.49. The van der Waals surface area contributed by atoms with Gasteiger partial charge in [-0.3, -0.25) is 9.79 Å². The van der Waals surface area contributed by atoms with E-state index in [4.69, 9.17) is 21.1 Å². The molecule has 8 heteroatoms. The molecule has 1 saturated heterocycles. The fourth-order valence-electron chi connectivity index (χ4n) is 2.97. The van der Waals surface area contributed by atoms with Crippen LogP contribution >= 0.6 is 35.6 Å². The zero-order valence-electron chi connectivity index (χ0n) is 16.1. The van der Waals surface area contributed by atoms with Crippen LogP contribution in [0.4, 0.5) is 0 Å². The second kappa shape index (κ2) is 12.3. The van der Waals surface area contributed by atoms with E-state index in [1.165, 1.54) is 0 Å². The van der Waals surface area contributed by atoms with Gasteiger partial charge in [-0.25, -0.2) is 0 Å². The molecule has 0 aromatic heterocycles. The molecule has 2 rings (SSSR count). The van der Waals surface area contributed by atoms with Crippen LogP contribution in [-0.4, -0.2) is 56.2 Å². The van der Waals surface area contributed by atoms with Crippen molar-refractivity contribution in [2.24, 2.45) is 10.9 Å². The average molecular weight is 510 g/mol. The highest BCUT2D eigenvalue weighted by Gasteiger charge is 2.27. The molecular weight excluding hydrogens is 481 g/mol. The number of nitrogens with zero attached hydrogens (tertiary/aromatic N) is 2. The maximum atomic E-state index is 11.8. The molecule has 1 unspecified atom stereocenters. The van der Waals surface area contributed by atoms with Gasteiger partial charge in [-0.15, -0.1) is 24.0 Å². The summed E-state index contributed by atoms with van der Waals surface area (Å²) in [5, 5.41) is 4.00. The van der Waals surface area contributed by atoms with Crippen LogP contribution in [0.5, 0.6) is 5.75 Å². The lowest BCUT2D eigenvalue weighted by molar-refractivity contribution is -0.149. The Kier molecular flexibility index (Phi) is 10.8. The molecule has 27 heavy (non-hydrogen) atoms. The largest absolute Gasteiger partial charge is 0.489 e. The van der Waals surface area contributed by atoms with Gasteiger partial charge >= 0.3 is 5.97 Å². The molecule has 0 spiro atoms. The van der Waals surface area contributed by atoms with Crippen molar-refractivity contribution in [1.29, 1.82) is 0 Å². The fraction of sp³-hybridized carbons (Fsp3) is 0.579. The molecule has 0 aliphatic carbocycles. The number of halogens is 2. The van der Waals surface area contributed by atoms with E-state index < -0.39 is 0 Å². The van der Waals surface area contributed by atoms with Crippen molar-refractivity contribution in [1.82, 2.24) is 10.2 Å². The van der Waals surface area contributed by atoms with Crippen molar-refractivity contribution in [2.45, 2.75) is 32.8 Å². The van der Waals surface area contributed by atoms with E-state index in [-0.39, 0.29) is 42.0 Å². The van der Waals surface area contributed by atoms with Gasteiger partial charge in [-0.2, -0.15) is 0 Å². The Morgan fingerprint density at radius 3 is 2.70 bits per heavy atom. The van der Waals surface area contributed by atoms with Gasteiger partial charge in [0.15, 0.2) is 5.96 Å². The molecule has 1 atom stereocenters. The van der Waals surface area contributed by atoms with Gasteiger partial charge in [0.1, 0.15) is 11.9 Å². The molecule has 0 amide bonds. The number of aliphatic imine (C=N–C) groups is 1. The molecule has 1 aliphatic rings. The van der Waals surface area contributed by atoms with Crippen LogP contribution < -0.4 is 10.1 Å². The molecule has 0 bridgehead atoms.